The van der Waals surface area contributed by atoms with E-state index in [2.05, 4.69) is 80.4 Å². The number of thiocarbonyl (C=S) groups is 1. The molecule has 23 heteroatoms. The summed E-state index contributed by atoms with van der Waals surface area (Å²) in [5.41, 5.74) is 17.2. The van der Waals surface area contributed by atoms with Gasteiger partial charge >= 0.3 is 11.9 Å². The van der Waals surface area contributed by atoms with Gasteiger partial charge in [0.25, 0.3) is 0 Å². The normalized spacial score (nSPS) is 18.4. The van der Waals surface area contributed by atoms with E-state index in [1.807, 2.05) is 31.2 Å². The van der Waals surface area contributed by atoms with Crippen LogP contribution in [0.1, 0.15) is 105 Å². The Morgan fingerprint density at radius 3 is 1.57 bits per heavy atom. The van der Waals surface area contributed by atoms with Crippen molar-refractivity contribution in [3.63, 3.8) is 0 Å². The van der Waals surface area contributed by atoms with Crippen molar-refractivity contribution in [3.05, 3.63) is 124 Å². The number of nitrogens with one attached hydrogen (secondary N) is 2. The molecule has 10 N–H and O–H groups in total. The van der Waals surface area contributed by atoms with Crippen molar-refractivity contribution in [2.24, 2.45) is 10.7 Å². The first-order valence-corrected chi connectivity index (χ1v) is 29.6. The van der Waals surface area contributed by atoms with Crippen LogP contribution in [0.3, 0.4) is 0 Å². The van der Waals surface area contributed by atoms with Gasteiger partial charge in [-0.2, -0.15) is 14.9 Å². The summed E-state index contributed by atoms with van der Waals surface area (Å²) in [4.78, 5) is 64.0. The van der Waals surface area contributed by atoms with E-state index in [0.717, 1.165) is 121 Å². The van der Waals surface area contributed by atoms with Crippen molar-refractivity contribution in [2.45, 2.75) is 82.6 Å². The maximum atomic E-state index is 12.9. The highest BCUT2D eigenvalue weighted by Crippen LogP contribution is 2.32. The van der Waals surface area contributed by atoms with Gasteiger partial charge in [-0.15, -0.1) is 0 Å². The fourth-order valence-electron chi connectivity index (χ4n) is 9.99. The van der Waals surface area contributed by atoms with Crippen LogP contribution in [0.5, 0.6) is 0 Å². The summed E-state index contributed by atoms with van der Waals surface area (Å²) in [6.45, 7) is 9.98. The number of aliphatic hydroxyl groups is 2. The van der Waals surface area contributed by atoms with Crippen LogP contribution in [0.2, 0.25) is 0 Å². The number of carboxylic acids is 2. The van der Waals surface area contributed by atoms with Crippen molar-refractivity contribution in [2.75, 3.05) is 89.6 Å². The van der Waals surface area contributed by atoms with Gasteiger partial charge in [-0.25, -0.2) is 14.6 Å². The van der Waals surface area contributed by atoms with Crippen LogP contribution in [0.4, 0.5) is 33.7 Å². The molecule has 4 aliphatic heterocycles. The Balaban J connectivity index is 0.000000211. The second-order valence-electron chi connectivity index (χ2n) is 19.4. The van der Waals surface area contributed by atoms with Crippen LogP contribution < -0.4 is 31.9 Å². The summed E-state index contributed by atoms with van der Waals surface area (Å²) < 4.78 is 0. The van der Waals surface area contributed by atoms with Crippen molar-refractivity contribution in [1.29, 1.82) is 0 Å². The van der Waals surface area contributed by atoms with Gasteiger partial charge in [0.15, 0.2) is 21.2 Å². The number of alkyl halides is 1. The summed E-state index contributed by atoms with van der Waals surface area (Å²) in [7, 11) is 0. The van der Waals surface area contributed by atoms with Crippen molar-refractivity contribution in [3.8, 4) is 0 Å². The molecule has 4 aromatic carbocycles. The molecule has 3 atom stereocenters. The average molecular weight is 1220 g/mol. The van der Waals surface area contributed by atoms with Gasteiger partial charge in [0.2, 0.25) is 5.78 Å². The molecule has 3 unspecified atom stereocenters. The molecule has 0 aliphatic carbocycles. The highest BCUT2D eigenvalue weighted by molar-refractivity contribution is 9.09. The Labute approximate surface area is 487 Å². The lowest BCUT2D eigenvalue weighted by Crippen LogP contribution is -2.49. The number of Topliss-reactive ketones (excluding diaryl/α,β-unsaturated/α-hetero) is 1. The van der Waals surface area contributed by atoms with E-state index in [1.54, 1.807) is 0 Å². The summed E-state index contributed by atoms with van der Waals surface area (Å²) in [6, 6.07) is 29.2. The number of aromatic nitrogens is 1. The number of piperidine rings is 4. The molecule has 424 valence electrons. The molecule has 79 heavy (non-hydrogen) atoms. The van der Waals surface area contributed by atoms with Gasteiger partial charge in [0.1, 0.15) is 10.7 Å². The number of nitrogen functional groups attached to an aromatic ring is 1. The topological polar surface area (TPSA) is 264 Å². The second kappa shape index (κ2) is 30.9. The van der Waals surface area contributed by atoms with Gasteiger partial charge < -0.3 is 52.3 Å². The molecular formula is C56H72BrN10O8PS3. The van der Waals surface area contributed by atoms with Crippen LogP contribution >= 0.6 is 61.1 Å². The number of halogens is 1. The van der Waals surface area contributed by atoms with Crippen molar-refractivity contribution < 1.29 is 39.6 Å². The smallest absolute Gasteiger partial charge is 0.335 e. The quantitative estimate of drug-likeness (QED) is 0.0129. The molecule has 5 aromatic rings. The number of aliphatic imine (C=N–C) groups is 1. The van der Waals surface area contributed by atoms with E-state index >= 15 is 0 Å². The van der Waals surface area contributed by atoms with Crippen LogP contribution in [-0.4, -0.2) is 157 Å². The highest BCUT2D eigenvalue weighted by Gasteiger charge is 2.30. The molecule has 18 nitrogen and oxygen atoms in total. The predicted molar refractivity (Wildman–Crippen MR) is 332 cm³/mol. The molecule has 4 aliphatic rings. The molecule has 4 fully saturated rings. The van der Waals surface area contributed by atoms with Crippen molar-refractivity contribution >= 4 is 129 Å². The zero-order valence-corrected chi connectivity index (χ0v) is 49.8. The largest absolute Gasteiger partial charge is 0.478 e. The molecule has 0 saturated carbocycles. The monoisotopic (exact) mass is 1220 g/mol. The number of amidine groups is 1. The molecule has 0 radical (unpaired) electrons. The van der Waals surface area contributed by atoms with Gasteiger partial charge in [-0.05, 0) is 155 Å². The van der Waals surface area contributed by atoms with Crippen molar-refractivity contribution in [1.82, 2.24) is 14.8 Å². The Kier molecular flexibility index (Phi) is 24.5. The maximum Gasteiger partial charge on any atom is 0.335 e. The number of likely N-dealkylation sites (tertiary alicyclic amines) is 2. The predicted octanol–water partition coefficient (Wildman–Crippen LogP) is 8.72. The number of anilines is 6. The number of ketones is 2. The molecular weight excluding hydrogens is 1150 g/mol. The molecule has 5 heterocycles. The summed E-state index contributed by atoms with van der Waals surface area (Å²) in [5.74, 6) is -1.37. The summed E-state index contributed by atoms with van der Waals surface area (Å²) >= 11 is 10.9. The standard InChI is InChI=1S/C27H31N5O4S.C20H31N5OS2.C9H7BrO3.H3P/c28-25-24(23(34)17-3-5-18(6-4-17)26(35)36)37-27(30-25)29-19-7-9-20(10-8-19)31-14-11-21(12-15-31)32-13-1-2-22(33)16-32;1-2-28-19(21)23-20(27)22-15-5-7-16(8-6-15)24-12-9-17(10-13-24)25-11-3-4-18(26)14-25;10-5-8(11)6-1-3-7(4-2-6)9(12)13;/h3-10,21-22,33H,1-2,11-16,28H2,(H,29,30)(H,35,36);5-8,17-18,26H,2-4,9-14H2,1H3,(H3,21,22,23,27);1-4H,5H2,(H,12,13);1H3. The van der Waals surface area contributed by atoms with Gasteiger partial charge in [0, 0.05) is 85.2 Å². The Morgan fingerprint density at radius 2 is 1.14 bits per heavy atom. The fourth-order valence-corrected chi connectivity index (χ4v) is 11.9. The SMILES string of the molecule is CCSC(N)=NC(=S)Nc1ccc(N2CCC(N3CCCC(O)C3)CC2)cc1.Nc1nc(Nc2ccc(N3CCC(N4CCCC(O)C4)CC3)cc2)sc1C(=O)c1ccc(C(=O)O)cc1.O=C(O)c1ccc(C(=O)CBr)cc1.P. The third-order valence-electron chi connectivity index (χ3n) is 14.1. The summed E-state index contributed by atoms with van der Waals surface area (Å²) in [5, 5.41) is 45.5. The van der Waals surface area contributed by atoms with Crippen LogP contribution in [0.15, 0.2) is 102 Å². The number of hydrogen-bond donors (Lipinski definition) is 8. The first kappa shape index (κ1) is 62.6. The lowest BCUT2D eigenvalue weighted by molar-refractivity contribution is 0.0397. The van der Waals surface area contributed by atoms with Crippen LogP contribution in [0.25, 0.3) is 0 Å². The zero-order chi connectivity index (χ0) is 55.7. The number of thiazole rings is 1. The third-order valence-corrected chi connectivity index (χ3v) is 16.5. The Morgan fingerprint density at radius 1 is 0.696 bits per heavy atom. The Hall–Kier alpha value is -5.55. The minimum atomic E-state index is -1.04. The number of benzene rings is 4. The number of β-amino-alcohol motifs (C(OH)–C–C–N with tert-alkyl or cyclic N) is 2. The maximum absolute atomic E-state index is 12.9. The molecule has 1 aromatic heterocycles. The van der Waals surface area contributed by atoms with Gasteiger partial charge in [-0.1, -0.05) is 70.2 Å². The zero-order valence-electron chi connectivity index (χ0n) is 44.3. The fraction of sp³-hybridized carbons (Fsp3) is 0.411. The number of nitrogens with two attached hydrogens (primary N) is 2. The lowest BCUT2D eigenvalue weighted by atomic mass is 9.98. The average Bonchev–Trinajstić information content (AvgIpc) is 3.83. The van der Waals surface area contributed by atoms with E-state index in [4.69, 9.17) is 33.9 Å². The second-order valence-corrected chi connectivity index (χ2v) is 22.7. The molecule has 9 rings (SSSR count). The molecule has 0 spiro atoms. The number of carboxylic acid groups (broad SMARTS) is 2. The van der Waals surface area contributed by atoms with E-state index < -0.39 is 11.9 Å². The number of rotatable bonds is 14. The lowest BCUT2D eigenvalue weighted by Gasteiger charge is -2.42. The number of hydrogen-bond acceptors (Lipinski definition) is 16. The van der Waals surface area contributed by atoms with E-state index in [-0.39, 0.29) is 55.9 Å². The number of nitrogens with zero attached hydrogens (tertiary/aromatic N) is 6. The Bertz CT molecular complexity index is 2830. The number of carbonyl (C=O) groups excluding carboxylic acids is 2. The number of carbonyl (C=O) groups is 4. The highest BCUT2D eigenvalue weighted by atomic mass is 79.9. The van der Waals surface area contributed by atoms with Gasteiger partial charge in [-0.3, -0.25) is 19.4 Å². The van der Waals surface area contributed by atoms with E-state index in [1.165, 1.54) is 83.0 Å². The van der Waals surface area contributed by atoms with Gasteiger partial charge in [0.05, 0.1) is 28.7 Å². The minimum absolute atomic E-state index is 0. The summed E-state index contributed by atoms with van der Waals surface area (Å²) in [6.07, 6.45) is 8.25. The first-order chi connectivity index (χ1) is 37.6. The molecule has 0 bridgehead atoms. The third kappa shape index (κ3) is 18.5. The molecule has 4 saturated heterocycles. The van der Waals surface area contributed by atoms with E-state index in [9.17, 15) is 29.4 Å². The minimum Gasteiger partial charge on any atom is -0.478 e. The van der Waals surface area contributed by atoms with E-state index in [0.29, 0.717) is 43.5 Å². The van der Waals surface area contributed by atoms with Crippen LogP contribution in [-0.2, 0) is 0 Å². The first-order valence-electron chi connectivity index (χ1n) is 26.2. The number of thioether (sulfide) groups is 1. The number of aromatic carboxylic acids is 2. The number of aliphatic hydroxyl groups excluding tert-OH is 2. The van der Waals surface area contributed by atoms with Crippen LogP contribution in [0, 0.1) is 0 Å². The molecule has 0 amide bonds.